The highest BCUT2D eigenvalue weighted by atomic mass is 32.2. The largest absolute Gasteiger partial charge is 0.312 e. The van der Waals surface area contributed by atoms with Gasteiger partial charge in [-0.3, -0.25) is 0 Å². The van der Waals surface area contributed by atoms with Gasteiger partial charge in [-0.1, -0.05) is 12.8 Å². The lowest BCUT2D eigenvalue weighted by Crippen LogP contribution is -2.40. The van der Waals surface area contributed by atoms with Crippen LogP contribution in [0.5, 0.6) is 0 Å². The molecule has 0 aromatic carbocycles. The van der Waals surface area contributed by atoms with Crippen molar-refractivity contribution < 1.29 is 0 Å². The van der Waals surface area contributed by atoms with Gasteiger partial charge in [0.2, 0.25) is 0 Å². The summed E-state index contributed by atoms with van der Waals surface area (Å²) in [6.45, 7) is 2.97. The van der Waals surface area contributed by atoms with E-state index in [1.54, 1.807) is 0 Å². The van der Waals surface area contributed by atoms with Crippen LogP contribution >= 0.6 is 11.8 Å². The highest BCUT2D eigenvalue weighted by Crippen LogP contribution is 2.26. The summed E-state index contributed by atoms with van der Waals surface area (Å²) in [6, 6.07) is 0.734. The zero-order chi connectivity index (χ0) is 10.2. The molecule has 1 rings (SSSR count). The third-order valence-electron chi connectivity index (χ3n) is 2.84. The molecule has 1 saturated carbocycles. The summed E-state index contributed by atoms with van der Waals surface area (Å²) < 4.78 is 0. The predicted octanol–water partition coefficient (Wildman–Crippen LogP) is 2.66. The quantitative estimate of drug-likeness (QED) is 0.567. The van der Waals surface area contributed by atoms with Gasteiger partial charge < -0.3 is 5.32 Å². The molecule has 1 aliphatic carbocycles. The van der Waals surface area contributed by atoms with Gasteiger partial charge in [0.05, 0.1) is 0 Å². The second-order valence-corrected chi connectivity index (χ2v) is 4.87. The van der Waals surface area contributed by atoms with E-state index in [9.17, 15) is 0 Å². The fourth-order valence-corrected chi connectivity index (χ4v) is 3.02. The van der Waals surface area contributed by atoms with Crippen molar-refractivity contribution in [3.63, 3.8) is 0 Å². The SMILES string of the molecule is CC#CCCNC1CCCCC1SC. The molecule has 0 aliphatic heterocycles. The summed E-state index contributed by atoms with van der Waals surface area (Å²) in [5.41, 5.74) is 0. The molecule has 2 heteroatoms. The maximum Gasteiger partial charge on any atom is 0.0214 e. The molecule has 80 valence electrons. The van der Waals surface area contributed by atoms with E-state index in [4.69, 9.17) is 0 Å². The molecule has 1 fully saturated rings. The van der Waals surface area contributed by atoms with E-state index in [1.165, 1.54) is 25.7 Å². The Morgan fingerprint density at radius 2 is 2.14 bits per heavy atom. The van der Waals surface area contributed by atoms with Crippen LogP contribution in [0.15, 0.2) is 0 Å². The molecule has 0 aromatic rings. The van der Waals surface area contributed by atoms with Gasteiger partial charge in [-0.15, -0.1) is 11.8 Å². The van der Waals surface area contributed by atoms with Crippen molar-refractivity contribution >= 4 is 11.8 Å². The van der Waals surface area contributed by atoms with Crippen molar-refractivity contribution in [1.29, 1.82) is 0 Å². The lowest BCUT2D eigenvalue weighted by atomic mass is 9.95. The van der Waals surface area contributed by atoms with Crippen LogP contribution in [-0.2, 0) is 0 Å². The minimum absolute atomic E-state index is 0.734. The van der Waals surface area contributed by atoms with Gasteiger partial charge in [-0.2, -0.15) is 11.8 Å². The van der Waals surface area contributed by atoms with Crippen LogP contribution in [0.2, 0.25) is 0 Å². The van der Waals surface area contributed by atoms with E-state index >= 15 is 0 Å². The van der Waals surface area contributed by atoms with Crippen LogP contribution in [0.1, 0.15) is 39.0 Å². The van der Waals surface area contributed by atoms with Gasteiger partial charge in [0, 0.05) is 24.3 Å². The average Bonchev–Trinajstić information content (AvgIpc) is 2.25. The first-order chi connectivity index (χ1) is 6.88. The maximum atomic E-state index is 3.63. The number of hydrogen-bond donors (Lipinski definition) is 1. The van der Waals surface area contributed by atoms with Crippen molar-refractivity contribution in [2.45, 2.75) is 50.3 Å². The molecular formula is C12H21NS. The van der Waals surface area contributed by atoms with E-state index in [1.807, 2.05) is 18.7 Å². The van der Waals surface area contributed by atoms with Gasteiger partial charge in [-0.05, 0) is 26.0 Å². The minimum atomic E-state index is 0.734. The first-order valence-corrected chi connectivity index (χ1v) is 6.83. The first-order valence-electron chi connectivity index (χ1n) is 5.54. The molecule has 1 aliphatic rings. The Balaban J connectivity index is 2.21. The van der Waals surface area contributed by atoms with Crippen molar-refractivity contribution in [3.05, 3.63) is 0 Å². The fourth-order valence-electron chi connectivity index (χ4n) is 2.06. The fraction of sp³-hybridized carbons (Fsp3) is 0.833. The Hall–Kier alpha value is -0.130. The minimum Gasteiger partial charge on any atom is -0.312 e. The summed E-state index contributed by atoms with van der Waals surface area (Å²) >= 11 is 2.02. The second-order valence-electron chi connectivity index (χ2n) is 3.80. The molecule has 0 aromatic heterocycles. The molecule has 0 saturated heterocycles. The van der Waals surface area contributed by atoms with E-state index in [0.29, 0.717) is 0 Å². The summed E-state index contributed by atoms with van der Waals surface area (Å²) in [5.74, 6) is 6.04. The lowest BCUT2D eigenvalue weighted by molar-refractivity contribution is 0.388. The van der Waals surface area contributed by atoms with Crippen LogP contribution in [0.25, 0.3) is 0 Å². The third-order valence-corrected chi connectivity index (χ3v) is 4.01. The molecule has 0 heterocycles. The predicted molar refractivity (Wildman–Crippen MR) is 65.6 cm³/mol. The Morgan fingerprint density at radius 3 is 2.86 bits per heavy atom. The van der Waals surface area contributed by atoms with Crippen LogP contribution in [0, 0.1) is 11.8 Å². The topological polar surface area (TPSA) is 12.0 Å². The van der Waals surface area contributed by atoms with Crippen molar-refractivity contribution in [2.75, 3.05) is 12.8 Å². The van der Waals surface area contributed by atoms with Crippen molar-refractivity contribution in [2.24, 2.45) is 0 Å². The Labute approximate surface area is 92.4 Å². The second kappa shape index (κ2) is 7.20. The van der Waals surface area contributed by atoms with Crippen LogP contribution in [-0.4, -0.2) is 24.1 Å². The van der Waals surface area contributed by atoms with Crippen LogP contribution in [0.3, 0.4) is 0 Å². The zero-order valence-electron chi connectivity index (χ0n) is 9.31. The van der Waals surface area contributed by atoms with Gasteiger partial charge in [0.15, 0.2) is 0 Å². The molecule has 1 N–H and O–H groups in total. The summed E-state index contributed by atoms with van der Waals surface area (Å²) in [6.07, 6.45) is 8.78. The number of rotatable bonds is 4. The monoisotopic (exact) mass is 211 g/mol. The molecule has 0 spiro atoms. The molecule has 2 unspecified atom stereocenters. The number of nitrogens with one attached hydrogen (secondary N) is 1. The average molecular weight is 211 g/mol. The molecule has 2 atom stereocenters. The highest BCUT2D eigenvalue weighted by molar-refractivity contribution is 7.99. The van der Waals surface area contributed by atoms with Gasteiger partial charge in [0.25, 0.3) is 0 Å². The normalized spacial score (nSPS) is 26.7. The Morgan fingerprint density at radius 1 is 1.36 bits per heavy atom. The van der Waals surface area contributed by atoms with Crippen LogP contribution in [0.4, 0.5) is 0 Å². The lowest BCUT2D eigenvalue weighted by Gasteiger charge is -2.30. The number of hydrogen-bond acceptors (Lipinski definition) is 2. The van der Waals surface area contributed by atoms with Gasteiger partial charge in [0.1, 0.15) is 0 Å². The van der Waals surface area contributed by atoms with E-state index in [2.05, 4.69) is 23.4 Å². The van der Waals surface area contributed by atoms with Gasteiger partial charge >= 0.3 is 0 Å². The van der Waals surface area contributed by atoms with E-state index < -0.39 is 0 Å². The molecule has 14 heavy (non-hydrogen) atoms. The molecule has 0 amide bonds. The molecular weight excluding hydrogens is 190 g/mol. The number of thioether (sulfide) groups is 1. The molecule has 1 nitrogen and oxygen atoms in total. The Kier molecular flexibility index (Phi) is 6.14. The molecule has 0 bridgehead atoms. The van der Waals surface area contributed by atoms with Gasteiger partial charge in [-0.25, -0.2) is 0 Å². The van der Waals surface area contributed by atoms with Crippen molar-refractivity contribution in [1.82, 2.24) is 5.32 Å². The van der Waals surface area contributed by atoms with E-state index in [0.717, 1.165) is 24.3 Å². The van der Waals surface area contributed by atoms with E-state index in [-0.39, 0.29) is 0 Å². The Bertz CT molecular complexity index is 204. The zero-order valence-corrected chi connectivity index (χ0v) is 10.1. The van der Waals surface area contributed by atoms with Crippen molar-refractivity contribution in [3.8, 4) is 11.8 Å². The highest BCUT2D eigenvalue weighted by Gasteiger charge is 2.23. The maximum absolute atomic E-state index is 3.63. The van der Waals surface area contributed by atoms with Crippen LogP contribution < -0.4 is 5.32 Å². The third kappa shape index (κ3) is 3.94. The molecule has 0 radical (unpaired) electrons. The summed E-state index contributed by atoms with van der Waals surface area (Å²) in [5, 5.41) is 4.47. The summed E-state index contributed by atoms with van der Waals surface area (Å²) in [4.78, 5) is 0. The summed E-state index contributed by atoms with van der Waals surface area (Å²) in [7, 11) is 0. The smallest absolute Gasteiger partial charge is 0.0214 e. The standard InChI is InChI=1S/C12H21NS/c1-3-4-7-10-13-11-8-5-6-9-12(11)14-2/h11-13H,5-10H2,1-2H3. The first kappa shape index (κ1) is 11.9.